The number of para-hydroxylation sites is 3. The Morgan fingerprint density at radius 2 is 1.16 bits per heavy atom. The van der Waals surface area contributed by atoms with Gasteiger partial charge >= 0.3 is 0 Å². The number of hydrogen-bond donors (Lipinski definition) is 0. The van der Waals surface area contributed by atoms with Crippen LogP contribution < -0.4 is 0 Å². The first-order valence-electron chi connectivity index (χ1n) is 14.3. The molecular formula is C38H21N3O2. The molecule has 0 atom stereocenters. The topological polar surface area (TPSA) is 57.0 Å². The SMILES string of the molecule is c1ccc2cc3c(cc2c1)c1ccccc1n3-c1nc(-c2cccc3oc4ccccc4c23)c2oc3ccccc3c2n1. The second-order valence-electron chi connectivity index (χ2n) is 11.0. The number of furan rings is 2. The van der Waals surface area contributed by atoms with Gasteiger partial charge in [0.2, 0.25) is 5.95 Å². The van der Waals surface area contributed by atoms with E-state index < -0.39 is 0 Å². The number of rotatable bonds is 2. The van der Waals surface area contributed by atoms with Crippen molar-refractivity contribution in [2.75, 3.05) is 0 Å². The largest absolute Gasteiger partial charge is 0.456 e. The zero-order chi connectivity index (χ0) is 28.1. The van der Waals surface area contributed by atoms with Crippen molar-refractivity contribution < 1.29 is 8.83 Å². The highest BCUT2D eigenvalue weighted by Gasteiger charge is 2.23. The van der Waals surface area contributed by atoms with Gasteiger partial charge in [-0.1, -0.05) is 84.9 Å². The standard InChI is InChI=1S/C38H21N3O2/c1-2-11-23-21-30-28(20-22(23)10-1)24-12-3-6-16-29(24)41(30)38-39-35-26-14-5-8-18-32(26)43-37(35)36(40-38)27-15-9-19-33-34(27)25-13-4-7-17-31(25)42-33/h1-21H. The van der Waals surface area contributed by atoms with Gasteiger partial charge in [0.05, 0.1) is 11.0 Å². The molecule has 0 amide bonds. The smallest absolute Gasteiger partial charge is 0.236 e. The molecule has 0 unspecified atom stereocenters. The van der Waals surface area contributed by atoms with Crippen LogP contribution in [0.4, 0.5) is 0 Å². The summed E-state index contributed by atoms with van der Waals surface area (Å²) in [6.45, 7) is 0. The number of benzene rings is 6. The predicted molar refractivity (Wildman–Crippen MR) is 174 cm³/mol. The molecule has 4 aromatic heterocycles. The van der Waals surface area contributed by atoms with Crippen LogP contribution in [0.15, 0.2) is 136 Å². The molecule has 0 spiro atoms. The molecule has 0 fully saturated rings. The summed E-state index contributed by atoms with van der Waals surface area (Å²) in [7, 11) is 0. The van der Waals surface area contributed by atoms with Crippen molar-refractivity contribution in [1.29, 1.82) is 0 Å². The van der Waals surface area contributed by atoms with Gasteiger partial charge in [0.1, 0.15) is 28.0 Å². The van der Waals surface area contributed by atoms with Gasteiger partial charge in [-0.25, -0.2) is 9.97 Å². The third kappa shape index (κ3) is 3.11. The highest BCUT2D eigenvalue weighted by Crippen LogP contribution is 2.42. The summed E-state index contributed by atoms with van der Waals surface area (Å²) >= 11 is 0. The Morgan fingerprint density at radius 3 is 2.02 bits per heavy atom. The van der Waals surface area contributed by atoms with E-state index in [1.807, 2.05) is 48.5 Å². The van der Waals surface area contributed by atoms with E-state index in [2.05, 4.69) is 83.4 Å². The minimum atomic E-state index is 0.598. The van der Waals surface area contributed by atoms with Gasteiger partial charge in [0.25, 0.3) is 0 Å². The van der Waals surface area contributed by atoms with Crippen LogP contribution in [0.5, 0.6) is 0 Å². The fraction of sp³-hybridized carbons (Fsp3) is 0. The average Bonchev–Trinajstić information content (AvgIpc) is 3.72. The molecule has 0 aliphatic heterocycles. The summed E-state index contributed by atoms with van der Waals surface area (Å²) in [5.74, 6) is 0.598. The predicted octanol–water partition coefficient (Wildman–Crippen LogP) is 10.2. The molecule has 43 heavy (non-hydrogen) atoms. The average molecular weight is 552 g/mol. The molecule has 0 saturated carbocycles. The lowest BCUT2D eigenvalue weighted by Crippen LogP contribution is -2.03. The van der Waals surface area contributed by atoms with E-state index in [-0.39, 0.29) is 0 Å². The van der Waals surface area contributed by atoms with Crippen molar-refractivity contribution >= 4 is 76.6 Å². The van der Waals surface area contributed by atoms with Crippen LogP contribution in [-0.2, 0) is 0 Å². The van der Waals surface area contributed by atoms with Crippen LogP contribution in [0.2, 0.25) is 0 Å². The summed E-state index contributed by atoms with van der Waals surface area (Å²) in [6.07, 6.45) is 0. The first kappa shape index (κ1) is 22.7. The van der Waals surface area contributed by atoms with Crippen molar-refractivity contribution in [1.82, 2.24) is 14.5 Å². The highest BCUT2D eigenvalue weighted by molar-refractivity contribution is 6.17. The lowest BCUT2D eigenvalue weighted by Gasteiger charge is -2.10. The van der Waals surface area contributed by atoms with E-state index in [1.165, 1.54) is 16.2 Å². The monoisotopic (exact) mass is 551 g/mol. The molecule has 6 aromatic carbocycles. The van der Waals surface area contributed by atoms with E-state index in [1.54, 1.807) is 0 Å². The molecule has 200 valence electrons. The molecule has 0 radical (unpaired) electrons. The molecule has 0 aliphatic carbocycles. The summed E-state index contributed by atoms with van der Waals surface area (Å²) in [6, 6.07) is 43.8. The van der Waals surface area contributed by atoms with Crippen molar-refractivity contribution in [2.45, 2.75) is 0 Å². The molecule has 0 bridgehead atoms. The zero-order valence-electron chi connectivity index (χ0n) is 22.8. The Morgan fingerprint density at radius 1 is 0.488 bits per heavy atom. The van der Waals surface area contributed by atoms with E-state index in [4.69, 9.17) is 18.8 Å². The number of nitrogens with zero attached hydrogens (tertiary/aromatic N) is 3. The van der Waals surface area contributed by atoms with Gasteiger partial charge in [-0.3, -0.25) is 4.57 Å². The summed E-state index contributed by atoms with van der Waals surface area (Å²) in [5, 5.41) is 7.71. The first-order valence-corrected chi connectivity index (χ1v) is 14.3. The van der Waals surface area contributed by atoms with Crippen LogP contribution in [0.25, 0.3) is 93.8 Å². The first-order chi connectivity index (χ1) is 21.3. The van der Waals surface area contributed by atoms with Crippen molar-refractivity contribution in [3.8, 4) is 17.2 Å². The third-order valence-corrected chi connectivity index (χ3v) is 8.61. The van der Waals surface area contributed by atoms with Crippen LogP contribution in [0.1, 0.15) is 0 Å². The molecule has 0 aliphatic rings. The van der Waals surface area contributed by atoms with Crippen molar-refractivity contribution in [3.63, 3.8) is 0 Å². The highest BCUT2D eigenvalue weighted by atomic mass is 16.3. The maximum Gasteiger partial charge on any atom is 0.236 e. The Bertz CT molecular complexity index is 2750. The summed E-state index contributed by atoms with van der Waals surface area (Å²) in [4.78, 5) is 10.6. The molecule has 5 nitrogen and oxygen atoms in total. The van der Waals surface area contributed by atoms with Gasteiger partial charge in [-0.2, -0.15) is 0 Å². The maximum absolute atomic E-state index is 6.52. The van der Waals surface area contributed by atoms with Gasteiger partial charge in [-0.05, 0) is 53.2 Å². The molecule has 0 N–H and O–H groups in total. The summed E-state index contributed by atoms with van der Waals surface area (Å²) < 4.78 is 15.0. The van der Waals surface area contributed by atoms with E-state index in [0.29, 0.717) is 11.5 Å². The molecule has 10 aromatic rings. The van der Waals surface area contributed by atoms with Crippen molar-refractivity contribution in [3.05, 3.63) is 127 Å². The third-order valence-electron chi connectivity index (χ3n) is 8.61. The van der Waals surface area contributed by atoms with Gasteiger partial charge in [0, 0.05) is 32.5 Å². The maximum atomic E-state index is 6.52. The quantitative estimate of drug-likeness (QED) is 0.214. The minimum absolute atomic E-state index is 0.598. The van der Waals surface area contributed by atoms with Gasteiger partial charge in [0.15, 0.2) is 5.58 Å². The van der Waals surface area contributed by atoms with Gasteiger partial charge in [-0.15, -0.1) is 0 Å². The fourth-order valence-corrected chi connectivity index (χ4v) is 6.70. The normalized spacial score (nSPS) is 12.2. The van der Waals surface area contributed by atoms with Crippen LogP contribution in [0.3, 0.4) is 0 Å². The Labute approximate surface area is 244 Å². The molecule has 0 saturated heterocycles. The van der Waals surface area contributed by atoms with Gasteiger partial charge < -0.3 is 8.83 Å². The Balaban J connectivity index is 1.39. The van der Waals surface area contributed by atoms with Crippen LogP contribution >= 0.6 is 0 Å². The second-order valence-corrected chi connectivity index (χ2v) is 11.0. The number of aromatic nitrogens is 3. The molecule has 5 heteroatoms. The lowest BCUT2D eigenvalue weighted by molar-refractivity contribution is 0.666. The second kappa shape index (κ2) is 8.30. The molecule has 4 heterocycles. The Kier molecular flexibility index (Phi) is 4.39. The van der Waals surface area contributed by atoms with Crippen LogP contribution in [0, 0.1) is 0 Å². The zero-order valence-corrected chi connectivity index (χ0v) is 22.8. The lowest BCUT2D eigenvalue weighted by atomic mass is 10.0. The summed E-state index contributed by atoms with van der Waals surface area (Å²) in [5.41, 5.74) is 7.67. The Hall–Kier alpha value is -5.94. The molecule has 10 rings (SSSR count). The van der Waals surface area contributed by atoms with E-state index in [9.17, 15) is 0 Å². The number of fused-ring (bicyclic) bond motifs is 10. The number of hydrogen-bond acceptors (Lipinski definition) is 4. The van der Waals surface area contributed by atoms with E-state index in [0.717, 1.165) is 66.1 Å². The van der Waals surface area contributed by atoms with E-state index >= 15 is 0 Å². The minimum Gasteiger partial charge on any atom is -0.456 e. The fourth-order valence-electron chi connectivity index (χ4n) is 6.70. The van der Waals surface area contributed by atoms with Crippen LogP contribution in [-0.4, -0.2) is 14.5 Å². The molecular weight excluding hydrogens is 530 g/mol. The van der Waals surface area contributed by atoms with Crippen molar-refractivity contribution in [2.24, 2.45) is 0 Å².